The monoisotopic (exact) mass is 455 g/mol. The maximum atomic E-state index is 12.7. The highest BCUT2D eigenvalue weighted by Gasteiger charge is 2.30. The van der Waals surface area contributed by atoms with Gasteiger partial charge in [-0.15, -0.1) is 5.10 Å². The molecule has 2 amide bonds. The summed E-state index contributed by atoms with van der Waals surface area (Å²) in [4.78, 5) is 14.5. The molecule has 0 unspecified atom stereocenters. The van der Waals surface area contributed by atoms with Crippen molar-refractivity contribution in [1.82, 2.24) is 15.0 Å². The number of anilines is 3. The number of nitrogens with one attached hydrogen (secondary N) is 2. The lowest BCUT2D eigenvalue weighted by atomic mass is 10.1. The molecule has 0 atom stereocenters. The Morgan fingerprint density at radius 1 is 1.03 bits per heavy atom. The van der Waals surface area contributed by atoms with Crippen LogP contribution >= 0.6 is 0 Å². The molecule has 1 aliphatic heterocycles. The first-order chi connectivity index (χ1) is 15.8. The van der Waals surface area contributed by atoms with E-state index in [4.69, 9.17) is 0 Å². The van der Waals surface area contributed by atoms with Gasteiger partial charge < -0.3 is 10.2 Å². The van der Waals surface area contributed by atoms with E-state index in [1.54, 1.807) is 12.1 Å². The number of amides is 2. The molecule has 0 spiro atoms. The Morgan fingerprint density at radius 3 is 2.42 bits per heavy atom. The van der Waals surface area contributed by atoms with Crippen molar-refractivity contribution < 1.29 is 18.0 Å². The molecule has 1 saturated heterocycles. The molecule has 2 N–H and O–H groups in total. The van der Waals surface area contributed by atoms with Gasteiger partial charge in [0.1, 0.15) is 6.07 Å². The van der Waals surface area contributed by atoms with Crippen LogP contribution in [0.15, 0.2) is 48.7 Å². The van der Waals surface area contributed by atoms with Crippen molar-refractivity contribution in [3.05, 3.63) is 59.8 Å². The first-order valence-corrected chi connectivity index (χ1v) is 10.3. The van der Waals surface area contributed by atoms with E-state index in [1.165, 1.54) is 29.4 Å². The Morgan fingerprint density at radius 2 is 1.76 bits per heavy atom. The lowest BCUT2D eigenvalue weighted by Gasteiger charge is -2.29. The van der Waals surface area contributed by atoms with Crippen LogP contribution in [0, 0.1) is 11.3 Å². The molecule has 33 heavy (non-hydrogen) atoms. The van der Waals surface area contributed by atoms with E-state index < -0.39 is 17.8 Å². The highest BCUT2D eigenvalue weighted by Crippen LogP contribution is 2.30. The number of hydrogen-bond acceptors (Lipinski definition) is 5. The average molecular weight is 455 g/mol. The Bertz CT molecular complexity index is 1180. The Balaban J connectivity index is 1.40. The Kier molecular flexibility index (Phi) is 6.17. The maximum Gasteiger partial charge on any atom is 0.416 e. The minimum Gasteiger partial charge on any atom is -0.370 e. The van der Waals surface area contributed by atoms with Crippen LogP contribution in [0.3, 0.4) is 0 Å². The van der Waals surface area contributed by atoms with Crippen LogP contribution in [0.4, 0.5) is 35.2 Å². The van der Waals surface area contributed by atoms with Crippen LogP contribution in [0.25, 0.3) is 5.69 Å². The second-order valence-electron chi connectivity index (χ2n) is 7.56. The molecule has 1 aliphatic rings. The number of carbonyl (C=O) groups is 1. The quantitative estimate of drug-likeness (QED) is 0.589. The number of rotatable bonds is 4. The number of nitriles is 1. The van der Waals surface area contributed by atoms with Gasteiger partial charge in [0.25, 0.3) is 0 Å². The van der Waals surface area contributed by atoms with Crippen LogP contribution in [0.2, 0.25) is 0 Å². The van der Waals surface area contributed by atoms with Crippen molar-refractivity contribution in [2.45, 2.75) is 25.4 Å². The van der Waals surface area contributed by atoms with E-state index in [2.05, 4.69) is 31.9 Å². The molecule has 2 aromatic carbocycles. The SMILES string of the molecule is N#Cc1cc(NC(=O)Nc2cn(-c3ccc(C(F)(F)F)cc3)nn2)ccc1N1CCCCC1. The molecule has 3 aromatic rings. The number of benzene rings is 2. The summed E-state index contributed by atoms with van der Waals surface area (Å²) in [5, 5.41) is 22.3. The number of aromatic nitrogens is 3. The minimum absolute atomic E-state index is 0.109. The second kappa shape index (κ2) is 9.20. The van der Waals surface area contributed by atoms with Crippen LogP contribution in [-0.2, 0) is 6.18 Å². The van der Waals surface area contributed by atoms with Crippen LogP contribution in [-0.4, -0.2) is 34.1 Å². The lowest BCUT2D eigenvalue weighted by molar-refractivity contribution is -0.137. The zero-order chi connectivity index (χ0) is 23.4. The van der Waals surface area contributed by atoms with Gasteiger partial charge in [-0.3, -0.25) is 5.32 Å². The molecule has 170 valence electrons. The van der Waals surface area contributed by atoms with Gasteiger partial charge in [-0.2, -0.15) is 18.4 Å². The van der Waals surface area contributed by atoms with Gasteiger partial charge in [-0.1, -0.05) is 5.21 Å². The summed E-state index contributed by atoms with van der Waals surface area (Å²) in [6, 6.07) is 11.1. The molecule has 0 saturated carbocycles. The van der Waals surface area contributed by atoms with Gasteiger partial charge in [0.15, 0.2) is 5.82 Å². The molecule has 4 rings (SSSR count). The molecule has 0 bridgehead atoms. The highest BCUT2D eigenvalue weighted by atomic mass is 19.4. The predicted octanol–water partition coefficient (Wildman–Crippen LogP) is 4.79. The number of nitrogens with zero attached hydrogens (tertiary/aromatic N) is 5. The predicted molar refractivity (Wildman–Crippen MR) is 116 cm³/mol. The van der Waals surface area contributed by atoms with Gasteiger partial charge in [-0.05, 0) is 61.7 Å². The van der Waals surface area contributed by atoms with Crippen molar-refractivity contribution in [3.63, 3.8) is 0 Å². The molecular formula is C22H20F3N7O. The van der Waals surface area contributed by atoms with E-state index in [0.29, 0.717) is 16.9 Å². The number of halogens is 3. The first-order valence-electron chi connectivity index (χ1n) is 10.3. The lowest BCUT2D eigenvalue weighted by Crippen LogP contribution is -2.30. The zero-order valence-corrected chi connectivity index (χ0v) is 17.4. The molecule has 2 heterocycles. The highest BCUT2D eigenvalue weighted by molar-refractivity contribution is 5.99. The summed E-state index contributed by atoms with van der Waals surface area (Å²) in [7, 11) is 0. The largest absolute Gasteiger partial charge is 0.416 e. The first kappa shape index (κ1) is 22.1. The van der Waals surface area contributed by atoms with Gasteiger partial charge in [0.05, 0.1) is 28.7 Å². The fourth-order valence-electron chi connectivity index (χ4n) is 3.64. The summed E-state index contributed by atoms with van der Waals surface area (Å²) in [6.07, 6.45) is 0.300. The second-order valence-corrected chi connectivity index (χ2v) is 7.56. The van der Waals surface area contributed by atoms with Crippen molar-refractivity contribution >= 4 is 23.2 Å². The molecule has 11 heteroatoms. The number of alkyl halides is 3. The minimum atomic E-state index is -4.43. The fraction of sp³-hybridized carbons (Fsp3) is 0.273. The normalized spacial score (nSPS) is 13.9. The van der Waals surface area contributed by atoms with Crippen LogP contribution in [0.5, 0.6) is 0 Å². The summed E-state index contributed by atoms with van der Waals surface area (Å²) in [6.45, 7) is 1.80. The third kappa shape index (κ3) is 5.23. The summed E-state index contributed by atoms with van der Waals surface area (Å²) >= 11 is 0. The van der Waals surface area contributed by atoms with Crippen molar-refractivity contribution in [3.8, 4) is 11.8 Å². The van der Waals surface area contributed by atoms with Crippen molar-refractivity contribution in [1.29, 1.82) is 5.26 Å². The molecule has 0 radical (unpaired) electrons. The van der Waals surface area contributed by atoms with E-state index in [-0.39, 0.29) is 5.82 Å². The zero-order valence-electron chi connectivity index (χ0n) is 17.4. The summed E-state index contributed by atoms with van der Waals surface area (Å²) in [5.74, 6) is 0.109. The summed E-state index contributed by atoms with van der Waals surface area (Å²) < 4.78 is 39.4. The maximum absolute atomic E-state index is 12.7. The number of piperidine rings is 1. The average Bonchev–Trinajstić information content (AvgIpc) is 3.27. The Labute approximate surface area is 187 Å². The molecule has 0 aliphatic carbocycles. The van der Waals surface area contributed by atoms with Gasteiger partial charge in [0, 0.05) is 18.8 Å². The third-order valence-corrected chi connectivity index (χ3v) is 5.27. The number of carbonyl (C=O) groups excluding carboxylic acids is 1. The Hall–Kier alpha value is -4.07. The number of hydrogen-bond donors (Lipinski definition) is 2. The molecule has 1 fully saturated rings. The van der Waals surface area contributed by atoms with E-state index in [1.807, 2.05) is 6.07 Å². The molecular weight excluding hydrogens is 435 g/mol. The molecule has 1 aromatic heterocycles. The summed E-state index contributed by atoms with van der Waals surface area (Å²) in [5.41, 5.74) is 1.36. The van der Waals surface area contributed by atoms with E-state index in [0.717, 1.165) is 43.8 Å². The van der Waals surface area contributed by atoms with E-state index >= 15 is 0 Å². The van der Waals surface area contributed by atoms with Gasteiger partial charge >= 0.3 is 12.2 Å². The fourth-order valence-corrected chi connectivity index (χ4v) is 3.64. The number of urea groups is 1. The van der Waals surface area contributed by atoms with Crippen LogP contribution in [0.1, 0.15) is 30.4 Å². The third-order valence-electron chi connectivity index (χ3n) is 5.27. The molecule has 8 nitrogen and oxygen atoms in total. The standard InChI is InChI=1S/C22H20F3N7O/c23-22(24,25)16-4-7-18(8-5-16)32-14-20(29-30-32)28-21(33)27-17-6-9-19(15(12-17)13-26)31-10-2-1-3-11-31/h4-9,12,14H,1-3,10-11H2,(H2,27,28,33). The smallest absolute Gasteiger partial charge is 0.370 e. The van der Waals surface area contributed by atoms with Crippen LogP contribution < -0.4 is 15.5 Å². The van der Waals surface area contributed by atoms with Crippen molar-refractivity contribution in [2.24, 2.45) is 0 Å². The van der Waals surface area contributed by atoms with Gasteiger partial charge in [0.2, 0.25) is 0 Å². The topological polar surface area (TPSA) is 98.9 Å². The van der Waals surface area contributed by atoms with Gasteiger partial charge in [-0.25, -0.2) is 9.48 Å². The van der Waals surface area contributed by atoms with E-state index in [9.17, 15) is 23.2 Å². The van der Waals surface area contributed by atoms with Crippen molar-refractivity contribution in [2.75, 3.05) is 28.6 Å².